The third kappa shape index (κ3) is 4.28. The highest BCUT2D eigenvalue weighted by molar-refractivity contribution is 8.01. The van der Waals surface area contributed by atoms with Crippen molar-refractivity contribution in [3.05, 3.63) is 23.2 Å². The lowest BCUT2D eigenvalue weighted by molar-refractivity contribution is -0.149. The normalized spacial score (nSPS) is 17.2. The smallest absolute Gasteiger partial charge is 0.308 e. The highest BCUT2D eigenvalue weighted by Gasteiger charge is 2.34. The van der Waals surface area contributed by atoms with Crippen LogP contribution in [0.4, 0.5) is 0 Å². The predicted octanol–water partition coefficient (Wildman–Crippen LogP) is 1.93. The molecule has 3 rings (SSSR count). The number of thioether (sulfide) groups is 1. The molecule has 2 amide bonds. The molecule has 26 heavy (non-hydrogen) atoms. The molecule has 1 aliphatic heterocycles. The van der Waals surface area contributed by atoms with Crippen LogP contribution < -0.4 is 5.32 Å². The van der Waals surface area contributed by atoms with Gasteiger partial charge in [0.2, 0.25) is 11.8 Å². The zero-order valence-electron chi connectivity index (χ0n) is 13.9. The summed E-state index contributed by atoms with van der Waals surface area (Å²) < 4.78 is 6.36. The summed E-state index contributed by atoms with van der Waals surface area (Å²) in [5.41, 5.74) is 0.790. The van der Waals surface area contributed by atoms with Crippen LogP contribution in [-0.2, 0) is 19.1 Å². The number of thiazole rings is 1. The summed E-state index contributed by atoms with van der Waals surface area (Å²) in [5, 5.41) is 3.28. The molecule has 1 atom stereocenters. The Hall–Kier alpha value is -1.84. The Bertz CT molecular complexity index is 857. The van der Waals surface area contributed by atoms with Gasteiger partial charge in [0.05, 0.1) is 29.5 Å². The van der Waals surface area contributed by atoms with Crippen LogP contribution in [0.25, 0.3) is 10.2 Å². The minimum atomic E-state index is -0.835. The molecule has 1 aromatic heterocycles. The lowest BCUT2D eigenvalue weighted by Gasteiger charge is -2.34. The number of carbonyl (C=O) groups excluding carboxylic acids is 3. The van der Waals surface area contributed by atoms with Crippen LogP contribution in [0.15, 0.2) is 22.5 Å². The van der Waals surface area contributed by atoms with E-state index in [1.165, 1.54) is 35.1 Å². The molecular weight excluding hydrogens is 398 g/mol. The summed E-state index contributed by atoms with van der Waals surface area (Å²) >= 11 is 8.75. The van der Waals surface area contributed by atoms with Crippen LogP contribution in [0.5, 0.6) is 0 Å². The molecule has 0 unspecified atom stereocenters. The summed E-state index contributed by atoms with van der Waals surface area (Å²) in [6, 6.07) is 4.63. The van der Waals surface area contributed by atoms with Crippen LogP contribution in [-0.4, -0.2) is 59.7 Å². The van der Waals surface area contributed by atoms with E-state index in [1.807, 2.05) is 6.07 Å². The lowest BCUT2D eigenvalue weighted by Crippen LogP contribution is -2.58. The molecule has 2 heterocycles. The molecule has 1 N–H and O–H groups in total. The first-order chi connectivity index (χ1) is 12.5. The third-order valence-corrected chi connectivity index (χ3v) is 6.29. The number of fused-ring (bicyclic) bond motifs is 1. The van der Waals surface area contributed by atoms with Crippen molar-refractivity contribution in [1.29, 1.82) is 0 Å². The molecule has 0 bridgehead atoms. The fraction of sp³-hybridized carbons (Fsp3) is 0.375. The molecule has 7 nitrogen and oxygen atoms in total. The number of amides is 2. The van der Waals surface area contributed by atoms with E-state index < -0.39 is 12.0 Å². The first-order valence-corrected chi connectivity index (χ1v) is 9.99. The summed E-state index contributed by atoms with van der Waals surface area (Å²) in [7, 11) is 1.25. The zero-order valence-corrected chi connectivity index (χ0v) is 16.2. The van der Waals surface area contributed by atoms with Crippen LogP contribution in [0.1, 0.15) is 6.42 Å². The minimum absolute atomic E-state index is 0.137. The van der Waals surface area contributed by atoms with Gasteiger partial charge in [-0.2, -0.15) is 0 Å². The average Bonchev–Trinajstić information content (AvgIpc) is 3.03. The quantitative estimate of drug-likeness (QED) is 0.595. The van der Waals surface area contributed by atoms with Gasteiger partial charge in [0.15, 0.2) is 4.34 Å². The standard InChI is InChI=1S/C16H16ClN3O4S2/c1-24-14(22)7-11-15(23)18-4-5-20(11)13(21)8-25-16-19-10-6-9(17)2-3-12(10)26-16/h2-3,6,11H,4-5,7-8H2,1H3,(H,18,23)/t11-/m0/s1. The Labute approximate surface area is 163 Å². The number of aromatic nitrogens is 1. The number of ether oxygens (including phenoxy) is 1. The molecule has 0 saturated carbocycles. The van der Waals surface area contributed by atoms with Crippen molar-refractivity contribution in [3.63, 3.8) is 0 Å². The van der Waals surface area contributed by atoms with Gasteiger partial charge in [-0.1, -0.05) is 23.4 Å². The van der Waals surface area contributed by atoms with E-state index in [-0.39, 0.29) is 24.0 Å². The van der Waals surface area contributed by atoms with Crippen molar-refractivity contribution in [3.8, 4) is 0 Å². The fourth-order valence-corrected chi connectivity index (χ4v) is 4.71. The number of esters is 1. The van der Waals surface area contributed by atoms with E-state index in [2.05, 4.69) is 15.0 Å². The van der Waals surface area contributed by atoms with Gasteiger partial charge in [0.25, 0.3) is 0 Å². The molecule has 1 aromatic carbocycles. The van der Waals surface area contributed by atoms with E-state index in [9.17, 15) is 14.4 Å². The summed E-state index contributed by atoms with van der Waals surface area (Å²) in [5.74, 6) is -0.940. The second kappa shape index (κ2) is 8.24. The summed E-state index contributed by atoms with van der Waals surface area (Å²) in [6.45, 7) is 0.731. The molecular formula is C16H16ClN3O4S2. The molecule has 2 aromatic rings. The van der Waals surface area contributed by atoms with E-state index >= 15 is 0 Å². The Kier molecular flexibility index (Phi) is 6.00. The van der Waals surface area contributed by atoms with Gasteiger partial charge in [-0.3, -0.25) is 14.4 Å². The fourth-order valence-electron chi connectivity index (χ4n) is 2.60. The van der Waals surface area contributed by atoms with Crippen LogP contribution >= 0.6 is 34.7 Å². The van der Waals surface area contributed by atoms with Crippen molar-refractivity contribution in [2.24, 2.45) is 0 Å². The maximum atomic E-state index is 12.6. The number of halogens is 1. The van der Waals surface area contributed by atoms with E-state index in [0.717, 1.165) is 14.6 Å². The molecule has 1 fully saturated rings. The largest absolute Gasteiger partial charge is 0.469 e. The van der Waals surface area contributed by atoms with Gasteiger partial charge in [-0.05, 0) is 18.2 Å². The molecule has 0 radical (unpaired) electrons. The number of hydrogen-bond donors (Lipinski definition) is 1. The topological polar surface area (TPSA) is 88.6 Å². The highest BCUT2D eigenvalue weighted by atomic mass is 35.5. The second-order valence-corrected chi connectivity index (χ2v) is 8.24. The number of nitrogens with zero attached hydrogens (tertiary/aromatic N) is 2. The number of carbonyl (C=O) groups is 3. The van der Waals surface area contributed by atoms with Crippen LogP contribution in [0, 0.1) is 0 Å². The van der Waals surface area contributed by atoms with Crippen LogP contribution in [0.3, 0.4) is 0 Å². The van der Waals surface area contributed by atoms with E-state index in [1.54, 1.807) is 12.1 Å². The molecule has 0 aliphatic carbocycles. The highest BCUT2D eigenvalue weighted by Crippen LogP contribution is 2.31. The third-order valence-electron chi connectivity index (χ3n) is 3.89. The number of piperazine rings is 1. The molecule has 1 saturated heterocycles. The minimum Gasteiger partial charge on any atom is -0.469 e. The zero-order chi connectivity index (χ0) is 18.7. The van der Waals surface area contributed by atoms with Gasteiger partial charge in [-0.15, -0.1) is 11.3 Å². The number of nitrogens with one attached hydrogen (secondary N) is 1. The maximum Gasteiger partial charge on any atom is 0.308 e. The van der Waals surface area contributed by atoms with Gasteiger partial charge < -0.3 is 15.0 Å². The predicted molar refractivity (Wildman–Crippen MR) is 100 cm³/mol. The van der Waals surface area contributed by atoms with Gasteiger partial charge >= 0.3 is 5.97 Å². The SMILES string of the molecule is COC(=O)C[C@H]1C(=O)NCCN1C(=O)CSc1nc2cc(Cl)ccc2s1. The number of rotatable bonds is 5. The summed E-state index contributed by atoms with van der Waals surface area (Å²) in [4.78, 5) is 42.1. The first-order valence-electron chi connectivity index (χ1n) is 7.81. The number of hydrogen-bond acceptors (Lipinski definition) is 7. The van der Waals surface area contributed by atoms with Crippen molar-refractivity contribution >= 4 is 62.7 Å². The first kappa shape index (κ1) is 18.9. The monoisotopic (exact) mass is 413 g/mol. The molecule has 138 valence electrons. The Morgan fingerprint density at radius 3 is 3.08 bits per heavy atom. The Morgan fingerprint density at radius 2 is 2.31 bits per heavy atom. The Morgan fingerprint density at radius 1 is 1.50 bits per heavy atom. The molecule has 0 spiro atoms. The van der Waals surface area contributed by atoms with Gasteiger partial charge in [-0.25, -0.2) is 4.98 Å². The van der Waals surface area contributed by atoms with Crippen LogP contribution in [0.2, 0.25) is 5.02 Å². The Balaban J connectivity index is 1.66. The van der Waals surface area contributed by atoms with E-state index in [4.69, 9.17) is 11.6 Å². The number of benzene rings is 1. The summed E-state index contributed by atoms with van der Waals surface area (Å²) in [6.07, 6.45) is -0.154. The van der Waals surface area contributed by atoms with Crippen molar-refractivity contribution in [1.82, 2.24) is 15.2 Å². The van der Waals surface area contributed by atoms with Gasteiger partial charge in [0.1, 0.15) is 6.04 Å². The van der Waals surface area contributed by atoms with Crippen molar-refractivity contribution in [2.75, 3.05) is 26.0 Å². The van der Waals surface area contributed by atoms with Crippen molar-refractivity contribution < 1.29 is 19.1 Å². The lowest BCUT2D eigenvalue weighted by atomic mass is 10.1. The van der Waals surface area contributed by atoms with Crippen molar-refractivity contribution in [2.45, 2.75) is 16.8 Å². The molecule has 10 heteroatoms. The molecule has 1 aliphatic rings. The van der Waals surface area contributed by atoms with E-state index in [0.29, 0.717) is 18.1 Å². The maximum absolute atomic E-state index is 12.6. The average molecular weight is 414 g/mol. The second-order valence-electron chi connectivity index (χ2n) is 5.55. The van der Waals surface area contributed by atoms with Gasteiger partial charge in [0, 0.05) is 18.1 Å². The number of methoxy groups -OCH3 is 1.